The summed E-state index contributed by atoms with van der Waals surface area (Å²) < 4.78 is 17.1. The van der Waals surface area contributed by atoms with Gasteiger partial charge in [0.15, 0.2) is 19.5 Å². The predicted molar refractivity (Wildman–Crippen MR) is 89.7 cm³/mol. The highest BCUT2D eigenvalue weighted by Crippen LogP contribution is 2.31. The van der Waals surface area contributed by atoms with Gasteiger partial charge in [-0.25, -0.2) is 0 Å². The van der Waals surface area contributed by atoms with Gasteiger partial charge in [-0.3, -0.25) is 0 Å². The lowest BCUT2D eigenvalue weighted by molar-refractivity contribution is -0.0783. The molecule has 0 spiro atoms. The Morgan fingerprint density at radius 1 is 1.20 bits per heavy atom. The van der Waals surface area contributed by atoms with Crippen molar-refractivity contribution < 1.29 is 13.6 Å². The monoisotopic (exact) mass is 313 g/mol. The second-order valence-electron chi connectivity index (χ2n) is 5.48. The largest absolute Gasteiger partial charge is 0.495 e. The maximum Gasteiger partial charge on any atom is 0.161 e. The molecule has 0 aliphatic rings. The first-order valence-electron chi connectivity index (χ1n) is 7.10. The summed E-state index contributed by atoms with van der Waals surface area (Å²) in [5.41, 5.74) is 7.65. The zero-order valence-electron chi connectivity index (χ0n) is 13.2. The molecule has 114 valence electrons. The molecule has 2 N–H and O–H groups in total. The number of methoxy groups -OCH3 is 1. The van der Waals surface area contributed by atoms with Crippen molar-refractivity contribution in [2.45, 2.75) is 39.7 Å². The molecule has 0 radical (unpaired) electrons. The van der Waals surface area contributed by atoms with Crippen LogP contribution in [0.4, 0.5) is 5.69 Å². The summed E-state index contributed by atoms with van der Waals surface area (Å²) in [5.74, 6) is 0.728. The fraction of sp³-hybridized carbons (Fsp3) is 0.571. The molecule has 1 aromatic carbocycles. The van der Waals surface area contributed by atoms with Crippen LogP contribution in [-0.4, -0.2) is 32.9 Å². The molecule has 0 amide bonds. The van der Waals surface area contributed by atoms with E-state index in [2.05, 4.69) is 26.9 Å². The Morgan fingerprint density at radius 2 is 1.80 bits per heavy atom. The summed E-state index contributed by atoms with van der Waals surface area (Å²) in [6.45, 7) is 8.65. The minimum absolute atomic E-state index is 0.0624. The average Bonchev–Trinajstić information content (AvgIpc) is 2.40. The average molecular weight is 314 g/mol. The van der Waals surface area contributed by atoms with Crippen LogP contribution in [0.5, 0.6) is 5.75 Å². The molecule has 0 saturated heterocycles. The second kappa shape index (κ2) is 7.82. The molecule has 0 heterocycles. The van der Waals surface area contributed by atoms with Crippen molar-refractivity contribution in [3.63, 3.8) is 0 Å². The molecule has 1 aromatic rings. The summed E-state index contributed by atoms with van der Waals surface area (Å²) >= 11 is 0. The molecule has 0 bridgehead atoms. The minimum atomic E-state index is -0.489. The summed E-state index contributed by atoms with van der Waals surface area (Å²) in [4.78, 5) is 0. The Labute approximate surface area is 126 Å². The molecule has 20 heavy (non-hydrogen) atoms. The zero-order valence-corrected chi connectivity index (χ0v) is 16.1. The van der Waals surface area contributed by atoms with Crippen molar-refractivity contribution in [1.82, 2.24) is 0 Å². The Kier molecular flexibility index (Phi) is 6.74. The van der Waals surface area contributed by atoms with E-state index in [1.165, 1.54) is 5.56 Å². The van der Waals surface area contributed by atoms with E-state index >= 15 is 0 Å². The van der Waals surface area contributed by atoms with Crippen molar-refractivity contribution in [2.24, 2.45) is 5.41 Å². The summed E-state index contributed by atoms with van der Waals surface area (Å²) in [7, 11) is 0.662. The molecule has 0 aromatic heterocycles. The van der Waals surface area contributed by atoms with Gasteiger partial charge in [-0.2, -0.15) is 0 Å². The first kappa shape index (κ1) is 17.2. The number of hydrogen-bond donors (Lipinski definition) is 1. The van der Waals surface area contributed by atoms with Crippen LogP contribution < -0.4 is 10.5 Å². The number of nitrogens with two attached hydrogens (primary N) is 1. The van der Waals surface area contributed by atoms with Crippen molar-refractivity contribution in [1.29, 1.82) is 0 Å². The number of hydrogen-bond acceptors (Lipinski definition) is 4. The second-order valence-corrected chi connectivity index (χ2v) is 7.31. The van der Waals surface area contributed by atoms with Gasteiger partial charge in [0, 0.05) is 5.41 Å². The molecule has 0 unspecified atom stereocenters. The first-order valence-corrected chi connectivity index (χ1v) is 11.1. The highest BCUT2D eigenvalue weighted by Gasteiger charge is 2.30. The molecule has 0 aliphatic carbocycles. The smallest absolute Gasteiger partial charge is 0.161 e. The fourth-order valence-electron chi connectivity index (χ4n) is 2.28. The van der Waals surface area contributed by atoms with E-state index in [1.807, 2.05) is 18.2 Å². The standard InChI is InChI=1S/C14H27NO3Si2/c1-14(2,13(17-19-4)18-20-5)9-10-6-7-11(15)12(8-10)16-3/h6-8,13H,9,15,19-20H2,1-5H3. The minimum Gasteiger partial charge on any atom is -0.495 e. The van der Waals surface area contributed by atoms with Gasteiger partial charge in [-0.05, 0) is 24.1 Å². The number of benzene rings is 1. The summed E-state index contributed by atoms with van der Waals surface area (Å²) in [6, 6.07) is 5.94. The Morgan fingerprint density at radius 3 is 2.30 bits per heavy atom. The van der Waals surface area contributed by atoms with Crippen molar-refractivity contribution in [2.75, 3.05) is 12.8 Å². The first-order chi connectivity index (χ1) is 9.44. The van der Waals surface area contributed by atoms with Crippen molar-refractivity contribution in [3.8, 4) is 5.75 Å². The lowest BCUT2D eigenvalue weighted by Gasteiger charge is -2.34. The molecule has 0 aliphatic heterocycles. The maximum absolute atomic E-state index is 5.90. The van der Waals surface area contributed by atoms with Crippen LogP contribution in [0.2, 0.25) is 13.1 Å². The van der Waals surface area contributed by atoms with Crippen LogP contribution in [0.3, 0.4) is 0 Å². The highest BCUT2D eigenvalue weighted by molar-refractivity contribution is 6.26. The Hall–Kier alpha value is -0.826. The summed E-state index contributed by atoms with van der Waals surface area (Å²) in [6.07, 6.45) is 0.774. The number of anilines is 1. The number of rotatable bonds is 8. The third-order valence-electron chi connectivity index (χ3n) is 3.23. The van der Waals surface area contributed by atoms with E-state index in [0.29, 0.717) is 5.69 Å². The molecule has 0 fully saturated rings. The van der Waals surface area contributed by atoms with Crippen molar-refractivity contribution in [3.05, 3.63) is 23.8 Å². The predicted octanol–water partition coefficient (Wildman–Crippen LogP) is 1.47. The van der Waals surface area contributed by atoms with Gasteiger partial charge < -0.3 is 19.3 Å². The van der Waals surface area contributed by atoms with Crippen LogP contribution in [0.25, 0.3) is 0 Å². The van der Waals surface area contributed by atoms with Gasteiger partial charge >= 0.3 is 0 Å². The topological polar surface area (TPSA) is 53.7 Å². The third kappa shape index (κ3) is 4.62. The molecular formula is C14H27NO3Si2. The quantitative estimate of drug-likeness (QED) is 0.449. The van der Waals surface area contributed by atoms with Gasteiger partial charge in [0.05, 0.1) is 12.8 Å². The maximum atomic E-state index is 5.90. The normalized spacial score (nSPS) is 14.4. The van der Waals surface area contributed by atoms with Gasteiger partial charge in [0.1, 0.15) is 12.0 Å². The van der Waals surface area contributed by atoms with Crippen LogP contribution in [0.1, 0.15) is 19.4 Å². The molecule has 6 heteroatoms. The third-order valence-corrected chi connectivity index (χ3v) is 4.50. The summed E-state index contributed by atoms with van der Waals surface area (Å²) in [5, 5.41) is 0. The Balaban J connectivity index is 2.87. The van der Waals surface area contributed by atoms with Crippen LogP contribution in [0.15, 0.2) is 18.2 Å². The molecular weight excluding hydrogens is 286 g/mol. The van der Waals surface area contributed by atoms with E-state index < -0.39 is 19.5 Å². The number of nitrogen functional groups attached to an aromatic ring is 1. The van der Waals surface area contributed by atoms with E-state index in [1.54, 1.807) is 7.11 Å². The van der Waals surface area contributed by atoms with E-state index in [9.17, 15) is 0 Å². The molecule has 4 nitrogen and oxygen atoms in total. The van der Waals surface area contributed by atoms with E-state index in [0.717, 1.165) is 12.2 Å². The van der Waals surface area contributed by atoms with E-state index in [4.69, 9.17) is 19.3 Å². The SMILES string of the molecule is COc1cc(CC(C)(C)C(O[SiH2]C)O[SiH2]C)ccc1N. The number of ether oxygens (including phenoxy) is 1. The van der Waals surface area contributed by atoms with E-state index in [-0.39, 0.29) is 11.7 Å². The highest BCUT2D eigenvalue weighted by atomic mass is 28.2. The molecule has 0 saturated carbocycles. The van der Waals surface area contributed by atoms with Gasteiger partial charge in [-0.1, -0.05) is 33.0 Å². The lowest BCUT2D eigenvalue weighted by atomic mass is 9.85. The van der Waals surface area contributed by atoms with Crippen LogP contribution >= 0.6 is 0 Å². The molecule has 1 rings (SSSR count). The molecule has 0 atom stereocenters. The fourth-order valence-corrected chi connectivity index (χ4v) is 4.17. The van der Waals surface area contributed by atoms with Crippen molar-refractivity contribution >= 4 is 25.2 Å². The zero-order chi connectivity index (χ0) is 15.2. The lowest BCUT2D eigenvalue weighted by Crippen LogP contribution is -2.37. The van der Waals surface area contributed by atoms with Gasteiger partial charge in [0.2, 0.25) is 0 Å². The Bertz CT molecular complexity index is 421. The van der Waals surface area contributed by atoms with Crippen LogP contribution in [0, 0.1) is 5.41 Å². The van der Waals surface area contributed by atoms with Gasteiger partial charge in [-0.15, -0.1) is 0 Å². The van der Waals surface area contributed by atoms with Gasteiger partial charge in [0.25, 0.3) is 0 Å². The van der Waals surface area contributed by atoms with Crippen LogP contribution in [-0.2, 0) is 15.3 Å².